The summed E-state index contributed by atoms with van der Waals surface area (Å²) in [5.74, 6) is 0. The van der Waals surface area contributed by atoms with Gasteiger partial charge in [-0.25, -0.2) is 9.59 Å². The van der Waals surface area contributed by atoms with E-state index in [9.17, 15) is 4.79 Å². The molecule has 0 aromatic rings. The smallest absolute Gasteiger partial charge is 0.450 e. The average Bonchev–Trinajstić information content (AvgIpc) is 1.52. The minimum absolute atomic E-state index is 0.578. The molecular formula is C6H12O6. The summed E-state index contributed by atoms with van der Waals surface area (Å²) in [6, 6.07) is 0. The Hall–Kier alpha value is -1.46. The van der Waals surface area contributed by atoms with Crippen LogP contribution in [0.1, 0.15) is 20.8 Å². The number of rotatable bonds is 0. The number of hydrogen-bond donors (Lipinski definition) is 3. The highest BCUT2D eigenvalue weighted by Gasteiger charge is 2.13. The van der Waals surface area contributed by atoms with Crippen molar-refractivity contribution in [1.82, 2.24) is 0 Å². The molecule has 0 aliphatic rings. The minimum Gasteiger partial charge on any atom is -0.450 e. The summed E-state index contributed by atoms with van der Waals surface area (Å²) < 4.78 is 4.35. The Morgan fingerprint density at radius 1 is 1.08 bits per heavy atom. The van der Waals surface area contributed by atoms with Crippen LogP contribution in [0.3, 0.4) is 0 Å². The molecule has 0 saturated carbocycles. The normalized spacial score (nSPS) is 9.25. The van der Waals surface area contributed by atoms with Gasteiger partial charge in [0.25, 0.3) is 0 Å². The lowest BCUT2D eigenvalue weighted by Gasteiger charge is -2.15. The lowest BCUT2D eigenvalue weighted by molar-refractivity contribution is 0.0150. The van der Waals surface area contributed by atoms with E-state index in [1.165, 1.54) is 0 Å². The zero-order chi connectivity index (χ0) is 10.4. The van der Waals surface area contributed by atoms with Crippen LogP contribution in [0.25, 0.3) is 0 Å². The van der Waals surface area contributed by atoms with Gasteiger partial charge in [-0.2, -0.15) is 0 Å². The maximum atomic E-state index is 9.79. The molecule has 0 amide bonds. The molecule has 6 nitrogen and oxygen atoms in total. The lowest BCUT2D eigenvalue weighted by Crippen LogP contribution is -2.22. The molecule has 0 aliphatic carbocycles. The van der Waals surface area contributed by atoms with Gasteiger partial charge in [-0.1, -0.05) is 0 Å². The van der Waals surface area contributed by atoms with Gasteiger partial charge in [0.2, 0.25) is 0 Å². The minimum atomic E-state index is -1.83. The first-order valence-electron chi connectivity index (χ1n) is 2.99. The van der Waals surface area contributed by atoms with E-state index >= 15 is 0 Å². The van der Waals surface area contributed by atoms with Gasteiger partial charge in [0.15, 0.2) is 0 Å². The number of ether oxygens (including phenoxy) is 1. The maximum Gasteiger partial charge on any atom is 0.506 e. The summed E-state index contributed by atoms with van der Waals surface area (Å²) in [7, 11) is 0. The molecule has 3 N–H and O–H groups in total. The molecule has 0 spiro atoms. The van der Waals surface area contributed by atoms with Crippen LogP contribution in [0.2, 0.25) is 0 Å². The molecule has 0 unspecified atom stereocenters. The van der Waals surface area contributed by atoms with Gasteiger partial charge in [0, 0.05) is 0 Å². The molecule has 0 aromatic carbocycles. The second-order valence-electron chi connectivity index (χ2n) is 2.76. The highest BCUT2D eigenvalue weighted by molar-refractivity contribution is 5.57. The molecule has 0 radical (unpaired) electrons. The summed E-state index contributed by atoms with van der Waals surface area (Å²) >= 11 is 0. The third kappa shape index (κ3) is 38.7. The largest absolute Gasteiger partial charge is 0.506 e. The maximum absolute atomic E-state index is 9.79. The van der Waals surface area contributed by atoms with Crippen molar-refractivity contribution in [1.29, 1.82) is 0 Å². The summed E-state index contributed by atoms with van der Waals surface area (Å²) in [5, 5.41) is 22.0. The highest BCUT2D eigenvalue weighted by atomic mass is 16.7. The van der Waals surface area contributed by atoms with Crippen molar-refractivity contribution in [2.45, 2.75) is 26.4 Å². The monoisotopic (exact) mass is 180 g/mol. The molecule has 0 aliphatic heterocycles. The standard InChI is InChI=1S/C5H10O3.CH2O3/c1-5(2,3)8-4(6)7;2-1(3)4/h1-3H3,(H,6,7);(H2,2,3,4). The lowest BCUT2D eigenvalue weighted by atomic mass is 10.2. The SMILES string of the molecule is CC(C)(C)OC(=O)O.O=C(O)O. The van der Waals surface area contributed by atoms with Crippen molar-refractivity contribution in [2.75, 3.05) is 0 Å². The summed E-state index contributed by atoms with van der Waals surface area (Å²) in [6.45, 7) is 5.04. The van der Waals surface area contributed by atoms with Gasteiger partial charge in [-0.3, -0.25) is 0 Å². The quantitative estimate of drug-likeness (QED) is 0.490. The Morgan fingerprint density at radius 3 is 1.33 bits per heavy atom. The second-order valence-corrected chi connectivity index (χ2v) is 2.76. The Labute approximate surface area is 69.4 Å². The van der Waals surface area contributed by atoms with E-state index in [4.69, 9.17) is 20.1 Å². The van der Waals surface area contributed by atoms with Crippen molar-refractivity contribution in [3.05, 3.63) is 0 Å². The van der Waals surface area contributed by atoms with Crippen LogP contribution in [0, 0.1) is 0 Å². The van der Waals surface area contributed by atoms with Gasteiger partial charge >= 0.3 is 12.3 Å². The van der Waals surface area contributed by atoms with Crippen LogP contribution < -0.4 is 0 Å². The van der Waals surface area contributed by atoms with E-state index in [1.807, 2.05) is 0 Å². The third-order valence-electron chi connectivity index (χ3n) is 0.393. The predicted molar refractivity (Wildman–Crippen MR) is 39.5 cm³/mol. The molecule has 0 aromatic heterocycles. The molecule has 0 fully saturated rings. The van der Waals surface area contributed by atoms with Crippen LogP contribution >= 0.6 is 0 Å². The zero-order valence-corrected chi connectivity index (χ0v) is 7.07. The van der Waals surface area contributed by atoms with Crippen molar-refractivity contribution in [3.63, 3.8) is 0 Å². The summed E-state index contributed by atoms with van der Waals surface area (Å²) in [4.78, 5) is 18.3. The Balaban J connectivity index is 0. The first-order chi connectivity index (χ1) is 5.15. The molecule has 0 atom stereocenters. The summed E-state index contributed by atoms with van der Waals surface area (Å²) in [5.41, 5.74) is -0.578. The summed E-state index contributed by atoms with van der Waals surface area (Å²) in [6.07, 6.45) is -3.06. The Bertz CT molecular complexity index is 152. The van der Waals surface area contributed by atoms with Crippen LogP contribution in [0.4, 0.5) is 9.59 Å². The first-order valence-corrected chi connectivity index (χ1v) is 2.99. The van der Waals surface area contributed by atoms with Crippen LogP contribution in [0.15, 0.2) is 0 Å². The van der Waals surface area contributed by atoms with Crippen LogP contribution in [-0.4, -0.2) is 33.2 Å². The fourth-order valence-electron chi connectivity index (χ4n) is 0.262. The van der Waals surface area contributed by atoms with E-state index in [0.29, 0.717) is 0 Å². The first kappa shape index (κ1) is 13.2. The molecule has 0 rings (SSSR count). The van der Waals surface area contributed by atoms with Crippen LogP contribution in [-0.2, 0) is 4.74 Å². The van der Waals surface area contributed by atoms with Gasteiger partial charge in [-0.15, -0.1) is 0 Å². The zero-order valence-electron chi connectivity index (χ0n) is 7.07. The number of carboxylic acid groups (broad SMARTS) is 3. The second kappa shape index (κ2) is 5.22. The molecule has 12 heavy (non-hydrogen) atoms. The average molecular weight is 180 g/mol. The molecule has 6 heteroatoms. The number of carbonyl (C=O) groups is 2. The van der Waals surface area contributed by atoms with Crippen LogP contribution in [0.5, 0.6) is 0 Å². The van der Waals surface area contributed by atoms with Gasteiger partial charge in [0.1, 0.15) is 5.60 Å². The van der Waals surface area contributed by atoms with Crippen molar-refractivity contribution < 1.29 is 29.6 Å². The van der Waals surface area contributed by atoms with Gasteiger partial charge in [0.05, 0.1) is 0 Å². The third-order valence-corrected chi connectivity index (χ3v) is 0.393. The molecule has 0 bridgehead atoms. The Morgan fingerprint density at radius 2 is 1.33 bits per heavy atom. The fourth-order valence-corrected chi connectivity index (χ4v) is 0.262. The Kier molecular flexibility index (Phi) is 5.73. The van der Waals surface area contributed by atoms with E-state index in [2.05, 4.69) is 4.74 Å². The topological polar surface area (TPSA) is 104 Å². The van der Waals surface area contributed by atoms with Crippen molar-refractivity contribution in [3.8, 4) is 0 Å². The van der Waals surface area contributed by atoms with E-state index in [0.717, 1.165) is 0 Å². The molecule has 72 valence electrons. The van der Waals surface area contributed by atoms with E-state index in [1.54, 1.807) is 20.8 Å². The fraction of sp³-hybridized carbons (Fsp3) is 0.667. The van der Waals surface area contributed by atoms with Gasteiger partial charge in [-0.05, 0) is 20.8 Å². The highest BCUT2D eigenvalue weighted by Crippen LogP contribution is 2.05. The molecule has 0 saturated heterocycles. The van der Waals surface area contributed by atoms with Gasteiger partial charge < -0.3 is 20.1 Å². The van der Waals surface area contributed by atoms with Crippen molar-refractivity contribution >= 4 is 12.3 Å². The predicted octanol–water partition coefficient (Wildman–Crippen LogP) is 1.70. The van der Waals surface area contributed by atoms with E-state index in [-0.39, 0.29) is 0 Å². The van der Waals surface area contributed by atoms with Crippen molar-refractivity contribution in [2.24, 2.45) is 0 Å². The molecular weight excluding hydrogens is 168 g/mol. The van der Waals surface area contributed by atoms with E-state index < -0.39 is 17.9 Å². The number of hydrogen-bond acceptors (Lipinski definition) is 3. The molecule has 0 heterocycles.